The Morgan fingerprint density at radius 3 is 2.90 bits per heavy atom. The number of ether oxygens (including phenoxy) is 1. The van der Waals surface area contributed by atoms with Crippen LogP contribution in [0.3, 0.4) is 0 Å². The van der Waals surface area contributed by atoms with Crippen LogP contribution in [0, 0.1) is 5.82 Å². The van der Waals surface area contributed by atoms with Crippen molar-refractivity contribution in [3.63, 3.8) is 0 Å². The Morgan fingerprint density at radius 1 is 1.40 bits per heavy atom. The van der Waals surface area contributed by atoms with Crippen molar-refractivity contribution in [2.45, 2.75) is 32.6 Å². The molecule has 1 aliphatic rings. The molecule has 2 atom stereocenters. The van der Waals surface area contributed by atoms with Crippen molar-refractivity contribution < 1.29 is 13.9 Å². The molecule has 1 aromatic carbocycles. The van der Waals surface area contributed by atoms with Crippen LogP contribution in [-0.2, 0) is 16.1 Å². The molecule has 0 aliphatic carbocycles. The number of aromatic nitrogens is 2. The Hall–Kier alpha value is -2.42. The molecule has 4 rings (SSSR count). The van der Waals surface area contributed by atoms with Gasteiger partial charge in [-0.3, -0.25) is 9.20 Å². The smallest absolute Gasteiger partial charge is 0.244 e. The number of benzene rings is 1. The standard InChI is InChI=1S/C21H22ClFN4O2S/c1-13-11-26(12-14(2)29-13)17-4-3-15(9-16(17)23)10-24-19(28)6-5-18-20(22)25-21-27(18)7-8-30-21/h3-9,13-14H,10-12H2,1-2H3,(H,24,28)/b6-5+/t13-,14-/m1/s1. The summed E-state index contributed by atoms with van der Waals surface area (Å²) in [4.78, 5) is 19.2. The third-order valence-corrected chi connectivity index (χ3v) is 5.92. The summed E-state index contributed by atoms with van der Waals surface area (Å²) in [7, 11) is 0. The maximum absolute atomic E-state index is 14.7. The van der Waals surface area contributed by atoms with Gasteiger partial charge >= 0.3 is 0 Å². The zero-order valence-electron chi connectivity index (χ0n) is 16.6. The average molecular weight is 449 g/mol. The molecule has 2 aromatic heterocycles. The number of halogens is 2. The third-order valence-electron chi connectivity index (χ3n) is 4.89. The van der Waals surface area contributed by atoms with Crippen LogP contribution >= 0.6 is 22.9 Å². The van der Waals surface area contributed by atoms with E-state index in [4.69, 9.17) is 16.3 Å². The van der Waals surface area contributed by atoms with Crippen molar-refractivity contribution in [3.05, 3.63) is 58.1 Å². The van der Waals surface area contributed by atoms with Crippen molar-refractivity contribution in [2.24, 2.45) is 0 Å². The zero-order valence-corrected chi connectivity index (χ0v) is 18.2. The molecule has 6 nitrogen and oxygen atoms in total. The summed E-state index contributed by atoms with van der Waals surface area (Å²) in [5.74, 6) is -0.596. The summed E-state index contributed by atoms with van der Waals surface area (Å²) < 4.78 is 22.2. The second-order valence-electron chi connectivity index (χ2n) is 7.34. The molecule has 0 saturated carbocycles. The van der Waals surface area contributed by atoms with E-state index in [1.54, 1.807) is 12.1 Å². The van der Waals surface area contributed by atoms with Crippen LogP contribution in [0.15, 0.2) is 35.9 Å². The molecule has 158 valence electrons. The van der Waals surface area contributed by atoms with Gasteiger partial charge in [-0.25, -0.2) is 9.37 Å². The van der Waals surface area contributed by atoms with E-state index >= 15 is 0 Å². The Labute approximate surface area is 182 Å². The molecule has 3 aromatic rings. The van der Waals surface area contributed by atoms with Gasteiger partial charge in [0.25, 0.3) is 0 Å². The van der Waals surface area contributed by atoms with Crippen molar-refractivity contribution in [1.82, 2.24) is 14.7 Å². The summed E-state index contributed by atoms with van der Waals surface area (Å²) in [5, 5.41) is 5.01. The van der Waals surface area contributed by atoms with Crippen LogP contribution in [0.1, 0.15) is 25.1 Å². The topological polar surface area (TPSA) is 58.9 Å². The molecule has 0 spiro atoms. The number of thiazole rings is 1. The van der Waals surface area contributed by atoms with E-state index in [2.05, 4.69) is 10.3 Å². The second kappa shape index (κ2) is 8.75. The van der Waals surface area contributed by atoms with Gasteiger partial charge in [-0.05, 0) is 37.6 Å². The lowest BCUT2D eigenvalue weighted by Crippen LogP contribution is -2.45. The normalized spacial score (nSPS) is 19.7. The molecular weight excluding hydrogens is 427 g/mol. The van der Waals surface area contributed by atoms with Crippen molar-refractivity contribution in [2.75, 3.05) is 18.0 Å². The first-order valence-electron chi connectivity index (χ1n) is 9.66. The largest absolute Gasteiger partial charge is 0.372 e. The summed E-state index contributed by atoms with van der Waals surface area (Å²) in [6, 6.07) is 5.06. The fourth-order valence-corrected chi connectivity index (χ4v) is 4.63. The SMILES string of the molecule is C[C@@H]1CN(c2ccc(CNC(=O)/C=C/c3c(Cl)nc4sccn34)cc2F)C[C@@H](C)O1. The minimum atomic E-state index is -0.301. The first-order valence-corrected chi connectivity index (χ1v) is 10.9. The molecule has 1 N–H and O–H groups in total. The highest BCUT2D eigenvalue weighted by Crippen LogP contribution is 2.25. The summed E-state index contributed by atoms with van der Waals surface area (Å²) in [6.45, 7) is 5.49. The van der Waals surface area contributed by atoms with Gasteiger partial charge in [0, 0.05) is 37.3 Å². The molecule has 0 unspecified atom stereocenters. The Bertz CT molecular complexity index is 1090. The van der Waals surface area contributed by atoms with Gasteiger partial charge in [0.1, 0.15) is 5.82 Å². The molecule has 0 bridgehead atoms. The molecule has 1 fully saturated rings. The summed E-state index contributed by atoms with van der Waals surface area (Å²) in [6.07, 6.45) is 4.97. The monoisotopic (exact) mass is 448 g/mol. The van der Waals surface area contributed by atoms with Gasteiger partial charge in [-0.1, -0.05) is 17.7 Å². The van der Waals surface area contributed by atoms with Crippen molar-refractivity contribution in [1.29, 1.82) is 0 Å². The average Bonchev–Trinajstić information content (AvgIpc) is 3.24. The van der Waals surface area contributed by atoms with E-state index < -0.39 is 0 Å². The van der Waals surface area contributed by atoms with Gasteiger partial charge in [-0.2, -0.15) is 0 Å². The maximum Gasteiger partial charge on any atom is 0.244 e. The number of carbonyl (C=O) groups is 1. The molecule has 1 saturated heterocycles. The van der Waals surface area contributed by atoms with E-state index in [1.165, 1.54) is 23.5 Å². The summed E-state index contributed by atoms with van der Waals surface area (Å²) >= 11 is 7.58. The predicted octanol–water partition coefficient (Wildman–Crippen LogP) is 4.13. The number of carbonyl (C=O) groups excluding carboxylic acids is 1. The van der Waals surface area contributed by atoms with Gasteiger partial charge in [-0.15, -0.1) is 11.3 Å². The molecule has 9 heteroatoms. The molecule has 1 aliphatic heterocycles. The van der Waals surface area contributed by atoms with Crippen molar-refractivity contribution in [3.8, 4) is 0 Å². The zero-order chi connectivity index (χ0) is 21.3. The molecule has 0 radical (unpaired) electrons. The first-order chi connectivity index (χ1) is 14.4. The minimum absolute atomic E-state index is 0.0542. The molecule has 30 heavy (non-hydrogen) atoms. The fraction of sp³-hybridized carbons (Fsp3) is 0.333. The van der Waals surface area contributed by atoms with Gasteiger partial charge in [0.2, 0.25) is 5.91 Å². The number of nitrogens with one attached hydrogen (secondary N) is 1. The predicted molar refractivity (Wildman–Crippen MR) is 118 cm³/mol. The number of hydrogen-bond acceptors (Lipinski definition) is 5. The van der Waals surface area contributed by atoms with E-state index in [1.807, 2.05) is 40.8 Å². The van der Waals surface area contributed by atoms with Crippen LogP contribution in [0.2, 0.25) is 5.15 Å². The number of morpholine rings is 1. The highest BCUT2D eigenvalue weighted by Gasteiger charge is 2.24. The fourth-order valence-electron chi connectivity index (χ4n) is 3.62. The number of anilines is 1. The van der Waals surface area contributed by atoms with E-state index in [0.717, 1.165) is 4.96 Å². The van der Waals surface area contributed by atoms with Gasteiger partial charge in [0.05, 0.1) is 23.6 Å². The molecule has 1 amide bonds. The quantitative estimate of drug-likeness (QED) is 0.596. The van der Waals surface area contributed by atoms with Gasteiger partial charge < -0.3 is 15.0 Å². The lowest BCUT2D eigenvalue weighted by molar-refractivity contribution is -0.116. The lowest BCUT2D eigenvalue weighted by Gasteiger charge is -2.37. The van der Waals surface area contributed by atoms with E-state index in [-0.39, 0.29) is 30.5 Å². The lowest BCUT2D eigenvalue weighted by atomic mass is 10.1. The van der Waals surface area contributed by atoms with Crippen molar-refractivity contribution >= 4 is 45.6 Å². The summed E-state index contributed by atoms with van der Waals surface area (Å²) in [5.41, 5.74) is 1.89. The van der Waals surface area contributed by atoms with E-state index in [9.17, 15) is 9.18 Å². The number of nitrogens with zero attached hydrogens (tertiary/aromatic N) is 3. The number of amides is 1. The highest BCUT2D eigenvalue weighted by molar-refractivity contribution is 7.15. The molecule has 3 heterocycles. The Morgan fingerprint density at radius 2 is 2.17 bits per heavy atom. The number of hydrogen-bond donors (Lipinski definition) is 1. The van der Waals surface area contributed by atoms with Crippen LogP contribution < -0.4 is 10.2 Å². The molecular formula is C21H22ClFN4O2S. The van der Waals surface area contributed by atoms with E-state index in [0.29, 0.717) is 35.2 Å². The van der Waals surface area contributed by atoms with Crippen LogP contribution in [0.25, 0.3) is 11.0 Å². The van der Waals surface area contributed by atoms with Crippen LogP contribution in [0.4, 0.5) is 10.1 Å². The second-order valence-corrected chi connectivity index (χ2v) is 8.57. The van der Waals surface area contributed by atoms with Gasteiger partial charge in [0.15, 0.2) is 10.1 Å². The number of fused-ring (bicyclic) bond motifs is 1. The highest BCUT2D eigenvalue weighted by atomic mass is 35.5. The number of imidazole rings is 1. The van der Waals surface area contributed by atoms with Crippen LogP contribution in [0.5, 0.6) is 0 Å². The minimum Gasteiger partial charge on any atom is -0.372 e. The van der Waals surface area contributed by atoms with Crippen LogP contribution in [-0.4, -0.2) is 40.6 Å². The Kier molecular flexibility index (Phi) is 6.08. The Balaban J connectivity index is 1.38. The maximum atomic E-state index is 14.7. The number of rotatable bonds is 5. The third kappa shape index (κ3) is 4.50. The first kappa shape index (κ1) is 20.8.